The number of thiol groups is 1. The number of rotatable bonds is 0. The Morgan fingerprint density at radius 1 is 1.78 bits per heavy atom. The van der Waals surface area contributed by atoms with Crippen LogP contribution in [0.3, 0.4) is 0 Å². The van der Waals surface area contributed by atoms with Crippen molar-refractivity contribution in [3.8, 4) is 0 Å². The largest absolute Gasteiger partial charge is 0.347 e. The fraction of sp³-hybridized carbons (Fsp3) is 0.200. The van der Waals surface area contributed by atoms with Crippen molar-refractivity contribution >= 4 is 12.6 Å². The van der Waals surface area contributed by atoms with Crippen molar-refractivity contribution in [1.29, 1.82) is 0 Å². The van der Waals surface area contributed by atoms with E-state index in [1.54, 1.807) is 13.2 Å². The van der Waals surface area contributed by atoms with E-state index in [0.717, 1.165) is 0 Å². The molecule has 0 saturated carbocycles. The first-order valence-corrected chi connectivity index (χ1v) is 2.86. The average Bonchev–Trinajstić information content (AvgIpc) is 1.80. The summed E-state index contributed by atoms with van der Waals surface area (Å²) < 4.78 is 1.38. The molecule has 0 aliphatic carbocycles. The highest BCUT2D eigenvalue weighted by molar-refractivity contribution is 7.80. The predicted octanol–water partition coefficient (Wildman–Crippen LogP) is 0.0690. The van der Waals surface area contributed by atoms with Gasteiger partial charge in [0.05, 0.1) is 0 Å². The van der Waals surface area contributed by atoms with Gasteiger partial charge in [0.15, 0.2) is 0 Å². The molecule has 0 aliphatic heterocycles. The van der Waals surface area contributed by atoms with Crippen molar-refractivity contribution in [3.63, 3.8) is 0 Å². The first kappa shape index (κ1) is 6.35. The van der Waals surface area contributed by atoms with Crippen LogP contribution in [0.15, 0.2) is 22.1 Å². The van der Waals surface area contributed by atoms with Gasteiger partial charge in [0.2, 0.25) is 0 Å². The molecule has 1 aromatic rings. The summed E-state index contributed by atoms with van der Waals surface area (Å²) >= 11 is 3.98. The lowest BCUT2D eigenvalue weighted by atomic mass is 10.6. The fourth-order valence-electron chi connectivity index (χ4n) is 0.499. The topological polar surface area (TPSA) is 34.9 Å². The maximum Gasteiger partial charge on any atom is 0.347 e. The third-order valence-corrected chi connectivity index (χ3v) is 1.17. The standard InChI is InChI=1S/C5H6N2OS/c1-7-3-4(9)2-6-5(7)8/h2-3,9H,1H3. The Balaban J connectivity index is 3.34. The summed E-state index contributed by atoms with van der Waals surface area (Å²) in [7, 11) is 1.63. The minimum atomic E-state index is -0.257. The zero-order valence-corrected chi connectivity index (χ0v) is 5.80. The van der Waals surface area contributed by atoms with Crippen molar-refractivity contribution < 1.29 is 0 Å². The molecule has 0 bridgehead atoms. The molecule has 9 heavy (non-hydrogen) atoms. The zero-order chi connectivity index (χ0) is 6.85. The molecule has 48 valence electrons. The van der Waals surface area contributed by atoms with E-state index in [-0.39, 0.29) is 5.69 Å². The molecule has 0 amide bonds. The van der Waals surface area contributed by atoms with Crippen LogP contribution in [-0.4, -0.2) is 9.55 Å². The summed E-state index contributed by atoms with van der Waals surface area (Å²) in [6.45, 7) is 0. The average molecular weight is 142 g/mol. The summed E-state index contributed by atoms with van der Waals surface area (Å²) in [5.41, 5.74) is -0.257. The van der Waals surface area contributed by atoms with Crippen LogP contribution in [0.25, 0.3) is 0 Å². The van der Waals surface area contributed by atoms with E-state index in [0.29, 0.717) is 4.90 Å². The third kappa shape index (κ3) is 1.32. The number of nitrogens with zero attached hydrogens (tertiary/aromatic N) is 2. The van der Waals surface area contributed by atoms with Crippen LogP contribution in [0.1, 0.15) is 0 Å². The summed E-state index contributed by atoms with van der Waals surface area (Å²) in [4.78, 5) is 14.8. The fourth-order valence-corrected chi connectivity index (χ4v) is 0.730. The van der Waals surface area contributed by atoms with Crippen LogP contribution in [0.5, 0.6) is 0 Å². The minimum absolute atomic E-state index is 0.257. The van der Waals surface area contributed by atoms with Gasteiger partial charge in [-0.2, -0.15) is 0 Å². The van der Waals surface area contributed by atoms with Crippen LogP contribution >= 0.6 is 12.6 Å². The Bertz CT molecular complexity index is 268. The maximum absolute atomic E-state index is 10.6. The van der Waals surface area contributed by atoms with Gasteiger partial charge in [0.1, 0.15) is 0 Å². The van der Waals surface area contributed by atoms with Gasteiger partial charge in [-0.1, -0.05) is 0 Å². The van der Waals surface area contributed by atoms with E-state index in [1.165, 1.54) is 10.8 Å². The van der Waals surface area contributed by atoms with E-state index < -0.39 is 0 Å². The van der Waals surface area contributed by atoms with Gasteiger partial charge in [-0.25, -0.2) is 9.78 Å². The molecule has 4 heteroatoms. The van der Waals surface area contributed by atoms with Gasteiger partial charge >= 0.3 is 5.69 Å². The minimum Gasteiger partial charge on any atom is -0.301 e. The van der Waals surface area contributed by atoms with Gasteiger partial charge in [-0.3, -0.25) is 0 Å². The highest BCUT2D eigenvalue weighted by Crippen LogP contribution is 1.96. The highest BCUT2D eigenvalue weighted by Gasteiger charge is 1.88. The van der Waals surface area contributed by atoms with E-state index in [9.17, 15) is 4.79 Å². The Morgan fingerprint density at radius 3 is 2.89 bits per heavy atom. The van der Waals surface area contributed by atoms with Crippen molar-refractivity contribution in [2.24, 2.45) is 7.05 Å². The normalized spacial score (nSPS) is 9.56. The number of aryl methyl sites for hydroxylation is 1. The van der Waals surface area contributed by atoms with Gasteiger partial charge < -0.3 is 4.57 Å². The Hall–Kier alpha value is -0.770. The van der Waals surface area contributed by atoms with E-state index in [2.05, 4.69) is 17.6 Å². The molecule has 0 fully saturated rings. The first-order valence-electron chi connectivity index (χ1n) is 2.42. The second-order valence-electron chi connectivity index (χ2n) is 1.71. The Morgan fingerprint density at radius 2 is 2.44 bits per heavy atom. The van der Waals surface area contributed by atoms with Crippen LogP contribution in [-0.2, 0) is 7.05 Å². The van der Waals surface area contributed by atoms with E-state index >= 15 is 0 Å². The molecule has 0 aromatic carbocycles. The number of hydrogen-bond donors (Lipinski definition) is 1. The maximum atomic E-state index is 10.6. The molecule has 0 unspecified atom stereocenters. The lowest BCUT2D eigenvalue weighted by Crippen LogP contribution is -2.18. The molecule has 0 atom stereocenters. The molecule has 0 spiro atoms. The summed E-state index contributed by atoms with van der Waals surface area (Å²) in [5, 5.41) is 0. The summed E-state index contributed by atoms with van der Waals surface area (Å²) in [6, 6.07) is 0. The SMILES string of the molecule is Cn1cc(S)cnc1=O. The second-order valence-corrected chi connectivity index (χ2v) is 2.22. The molecule has 0 saturated heterocycles. The molecule has 0 aliphatic rings. The lowest BCUT2D eigenvalue weighted by Gasteiger charge is -1.93. The van der Waals surface area contributed by atoms with Gasteiger partial charge in [0, 0.05) is 24.3 Å². The van der Waals surface area contributed by atoms with Crippen LogP contribution in [0.2, 0.25) is 0 Å². The molecule has 0 N–H and O–H groups in total. The zero-order valence-electron chi connectivity index (χ0n) is 4.90. The quantitative estimate of drug-likeness (QED) is 0.520. The molecule has 1 aromatic heterocycles. The lowest BCUT2D eigenvalue weighted by molar-refractivity contribution is 0.788. The van der Waals surface area contributed by atoms with Crippen molar-refractivity contribution in [1.82, 2.24) is 9.55 Å². The summed E-state index contributed by atoms with van der Waals surface area (Å²) in [6.07, 6.45) is 3.03. The molecule has 1 heterocycles. The molecular formula is C5H6N2OS. The van der Waals surface area contributed by atoms with Gasteiger partial charge in [-0.05, 0) is 0 Å². The third-order valence-electron chi connectivity index (χ3n) is 0.935. The number of aromatic nitrogens is 2. The predicted molar refractivity (Wildman–Crippen MR) is 36.7 cm³/mol. The molecular weight excluding hydrogens is 136 g/mol. The monoisotopic (exact) mass is 142 g/mol. The molecule has 0 radical (unpaired) electrons. The van der Waals surface area contributed by atoms with Crippen molar-refractivity contribution in [2.75, 3.05) is 0 Å². The van der Waals surface area contributed by atoms with Crippen molar-refractivity contribution in [3.05, 3.63) is 22.9 Å². The molecule has 1 rings (SSSR count). The highest BCUT2D eigenvalue weighted by atomic mass is 32.1. The second kappa shape index (κ2) is 2.23. The first-order chi connectivity index (χ1) is 4.20. The van der Waals surface area contributed by atoms with Gasteiger partial charge in [0.25, 0.3) is 0 Å². The Kier molecular flexibility index (Phi) is 1.57. The molecule has 3 nitrogen and oxygen atoms in total. The van der Waals surface area contributed by atoms with E-state index in [1.807, 2.05) is 0 Å². The smallest absolute Gasteiger partial charge is 0.301 e. The van der Waals surface area contributed by atoms with Crippen LogP contribution in [0.4, 0.5) is 0 Å². The Labute approximate surface area is 57.8 Å². The van der Waals surface area contributed by atoms with Crippen molar-refractivity contribution in [2.45, 2.75) is 4.90 Å². The number of hydrogen-bond acceptors (Lipinski definition) is 3. The van der Waals surface area contributed by atoms with Crippen LogP contribution in [0, 0.1) is 0 Å². The summed E-state index contributed by atoms with van der Waals surface area (Å²) in [5.74, 6) is 0. The van der Waals surface area contributed by atoms with Gasteiger partial charge in [-0.15, -0.1) is 12.6 Å². The van der Waals surface area contributed by atoms with Crippen LogP contribution < -0.4 is 5.69 Å². The van der Waals surface area contributed by atoms with E-state index in [4.69, 9.17) is 0 Å².